The molecule has 0 atom stereocenters. The van der Waals surface area contributed by atoms with Crippen LogP contribution in [0.1, 0.15) is 6.42 Å². The predicted octanol–water partition coefficient (Wildman–Crippen LogP) is -0.703. The molecule has 0 aromatic heterocycles. The lowest BCUT2D eigenvalue weighted by atomic mass is 10.3. The Morgan fingerprint density at radius 3 is 2.86 bits per heavy atom. The molecule has 0 bridgehead atoms. The Balaban J connectivity index is 2.31. The quantitative estimate of drug-likeness (QED) is 0.537. The number of nitrogens with zero attached hydrogens (tertiary/aromatic N) is 3. The Bertz CT molecular complexity index is 327. The number of hydrogen-bond acceptors (Lipinski definition) is 6. The van der Waals surface area contributed by atoms with Crippen LogP contribution in [0.3, 0.4) is 0 Å². The zero-order valence-electron chi connectivity index (χ0n) is 12.8. The minimum Gasteiger partial charge on any atom is -0.383 e. The molecule has 0 aromatic rings. The van der Waals surface area contributed by atoms with Gasteiger partial charge in [0.25, 0.3) is 0 Å². The van der Waals surface area contributed by atoms with Crippen molar-refractivity contribution in [1.82, 2.24) is 15.1 Å². The van der Waals surface area contributed by atoms with Crippen molar-refractivity contribution in [3.05, 3.63) is 0 Å². The molecule has 120 valence electrons. The van der Waals surface area contributed by atoms with E-state index in [2.05, 4.69) is 16.3 Å². The van der Waals surface area contributed by atoms with Gasteiger partial charge < -0.3 is 19.7 Å². The number of methoxy groups -OCH3 is 1. The molecule has 0 unspecified atom stereocenters. The van der Waals surface area contributed by atoms with Crippen LogP contribution in [0, 0.1) is 11.3 Å². The molecule has 1 fully saturated rings. The summed E-state index contributed by atoms with van der Waals surface area (Å²) < 4.78 is 10.2. The maximum absolute atomic E-state index is 12.2. The van der Waals surface area contributed by atoms with E-state index in [9.17, 15) is 4.79 Å². The van der Waals surface area contributed by atoms with Gasteiger partial charge in [-0.25, -0.2) is 0 Å². The monoisotopic (exact) mass is 298 g/mol. The molecule has 1 aliphatic heterocycles. The van der Waals surface area contributed by atoms with Crippen LogP contribution in [0.15, 0.2) is 0 Å². The van der Waals surface area contributed by atoms with Gasteiger partial charge in [0.15, 0.2) is 0 Å². The van der Waals surface area contributed by atoms with Gasteiger partial charge in [0.1, 0.15) is 0 Å². The second kappa shape index (κ2) is 11.5. The van der Waals surface area contributed by atoms with E-state index in [0.717, 1.165) is 32.8 Å². The Labute approximate surface area is 126 Å². The van der Waals surface area contributed by atoms with Crippen LogP contribution < -0.4 is 5.32 Å². The Morgan fingerprint density at radius 2 is 2.19 bits per heavy atom. The van der Waals surface area contributed by atoms with Crippen LogP contribution in [-0.2, 0) is 14.3 Å². The van der Waals surface area contributed by atoms with Gasteiger partial charge >= 0.3 is 0 Å². The fourth-order valence-corrected chi connectivity index (χ4v) is 2.11. The maximum atomic E-state index is 12.2. The molecule has 7 heteroatoms. The summed E-state index contributed by atoms with van der Waals surface area (Å²) in [5.41, 5.74) is 0. The first-order valence-corrected chi connectivity index (χ1v) is 7.42. The van der Waals surface area contributed by atoms with E-state index >= 15 is 0 Å². The zero-order chi connectivity index (χ0) is 15.3. The van der Waals surface area contributed by atoms with E-state index < -0.39 is 0 Å². The third-order valence-electron chi connectivity index (χ3n) is 3.40. The Kier molecular flexibility index (Phi) is 9.74. The van der Waals surface area contributed by atoms with Gasteiger partial charge in [-0.2, -0.15) is 5.26 Å². The van der Waals surface area contributed by atoms with E-state index in [0.29, 0.717) is 32.7 Å². The minimum atomic E-state index is 0.0367. The van der Waals surface area contributed by atoms with E-state index in [4.69, 9.17) is 14.7 Å². The number of morpholine rings is 1. The molecule has 1 saturated heterocycles. The van der Waals surface area contributed by atoms with Gasteiger partial charge in [-0.3, -0.25) is 9.69 Å². The number of hydrogen-bond donors (Lipinski definition) is 1. The van der Waals surface area contributed by atoms with Crippen LogP contribution in [0.4, 0.5) is 0 Å². The van der Waals surface area contributed by atoms with Crippen molar-refractivity contribution in [3.8, 4) is 6.07 Å². The highest BCUT2D eigenvalue weighted by atomic mass is 16.5. The molecule has 0 spiro atoms. The predicted molar refractivity (Wildman–Crippen MR) is 78.8 cm³/mol. The first-order chi connectivity index (χ1) is 10.3. The van der Waals surface area contributed by atoms with Gasteiger partial charge in [0.05, 0.1) is 38.9 Å². The molecule has 0 saturated carbocycles. The standard InChI is InChI=1S/C14H26N4O3/c1-20-10-4-16-13-14(19)18(5-2-3-15)7-6-17-8-11-21-12-9-17/h16H,2,4-13H2,1H3. The molecule has 0 radical (unpaired) electrons. The van der Waals surface area contributed by atoms with Crippen LogP contribution in [0.2, 0.25) is 0 Å². The van der Waals surface area contributed by atoms with E-state index in [1.54, 1.807) is 12.0 Å². The molecule has 1 aliphatic rings. The third kappa shape index (κ3) is 7.97. The molecule has 0 aromatic carbocycles. The second-order valence-electron chi connectivity index (χ2n) is 4.91. The molecule has 7 nitrogen and oxygen atoms in total. The summed E-state index contributed by atoms with van der Waals surface area (Å²) in [6, 6.07) is 2.10. The fraction of sp³-hybridized carbons (Fsp3) is 0.857. The fourth-order valence-electron chi connectivity index (χ4n) is 2.11. The van der Waals surface area contributed by atoms with Crippen molar-refractivity contribution in [2.45, 2.75) is 6.42 Å². The van der Waals surface area contributed by atoms with Crippen LogP contribution in [0.5, 0.6) is 0 Å². The van der Waals surface area contributed by atoms with Gasteiger partial charge in [0.2, 0.25) is 5.91 Å². The second-order valence-corrected chi connectivity index (χ2v) is 4.91. The number of amides is 1. The average molecular weight is 298 g/mol. The molecule has 1 rings (SSSR count). The number of ether oxygens (including phenoxy) is 2. The molecule has 0 aliphatic carbocycles. The lowest BCUT2D eigenvalue weighted by Crippen LogP contribution is -2.45. The molecule has 1 N–H and O–H groups in total. The number of rotatable bonds is 10. The zero-order valence-corrected chi connectivity index (χ0v) is 12.8. The lowest BCUT2D eigenvalue weighted by molar-refractivity contribution is -0.130. The summed E-state index contributed by atoms with van der Waals surface area (Å²) in [6.07, 6.45) is 0.368. The first-order valence-electron chi connectivity index (χ1n) is 7.42. The molecule has 21 heavy (non-hydrogen) atoms. The summed E-state index contributed by atoms with van der Waals surface area (Å²) in [5.74, 6) is 0.0367. The summed E-state index contributed by atoms with van der Waals surface area (Å²) in [7, 11) is 1.63. The SMILES string of the molecule is COCCNCC(=O)N(CCC#N)CCN1CCOCC1. The van der Waals surface area contributed by atoms with Crippen molar-refractivity contribution in [2.75, 3.05) is 72.7 Å². The van der Waals surface area contributed by atoms with E-state index in [1.807, 2.05) is 0 Å². The molecule has 1 heterocycles. The van der Waals surface area contributed by atoms with Crippen molar-refractivity contribution < 1.29 is 14.3 Å². The summed E-state index contributed by atoms with van der Waals surface area (Å²) in [5, 5.41) is 11.8. The summed E-state index contributed by atoms with van der Waals surface area (Å²) in [4.78, 5) is 16.2. The van der Waals surface area contributed by atoms with E-state index in [-0.39, 0.29) is 12.5 Å². The van der Waals surface area contributed by atoms with Crippen molar-refractivity contribution in [2.24, 2.45) is 0 Å². The number of carbonyl (C=O) groups is 1. The molecular formula is C14H26N4O3. The largest absolute Gasteiger partial charge is 0.383 e. The first kappa shape index (κ1) is 17.9. The lowest BCUT2D eigenvalue weighted by Gasteiger charge is -2.30. The molecule has 1 amide bonds. The minimum absolute atomic E-state index is 0.0367. The number of nitrogens with one attached hydrogen (secondary N) is 1. The van der Waals surface area contributed by atoms with Gasteiger partial charge in [-0.15, -0.1) is 0 Å². The molecular weight excluding hydrogens is 272 g/mol. The number of carbonyl (C=O) groups excluding carboxylic acids is 1. The van der Waals surface area contributed by atoms with Crippen molar-refractivity contribution >= 4 is 5.91 Å². The van der Waals surface area contributed by atoms with Crippen LogP contribution in [-0.4, -0.2) is 88.5 Å². The van der Waals surface area contributed by atoms with Gasteiger partial charge in [-0.05, 0) is 0 Å². The highest BCUT2D eigenvalue weighted by Gasteiger charge is 2.16. The maximum Gasteiger partial charge on any atom is 0.236 e. The smallest absolute Gasteiger partial charge is 0.236 e. The number of nitriles is 1. The highest BCUT2D eigenvalue weighted by molar-refractivity contribution is 5.78. The van der Waals surface area contributed by atoms with Crippen LogP contribution >= 0.6 is 0 Å². The van der Waals surface area contributed by atoms with E-state index in [1.165, 1.54) is 0 Å². The third-order valence-corrected chi connectivity index (χ3v) is 3.40. The van der Waals surface area contributed by atoms with Crippen molar-refractivity contribution in [1.29, 1.82) is 5.26 Å². The summed E-state index contributed by atoms with van der Waals surface area (Å²) >= 11 is 0. The van der Waals surface area contributed by atoms with Crippen LogP contribution in [0.25, 0.3) is 0 Å². The Morgan fingerprint density at radius 1 is 1.43 bits per heavy atom. The van der Waals surface area contributed by atoms with Gasteiger partial charge in [-0.1, -0.05) is 0 Å². The average Bonchev–Trinajstić information content (AvgIpc) is 2.52. The normalized spacial score (nSPS) is 15.6. The topological polar surface area (TPSA) is 77.8 Å². The summed E-state index contributed by atoms with van der Waals surface area (Å²) in [6.45, 7) is 6.83. The highest BCUT2D eigenvalue weighted by Crippen LogP contribution is 1.99. The Hall–Kier alpha value is -1.20. The van der Waals surface area contributed by atoms with Crippen molar-refractivity contribution in [3.63, 3.8) is 0 Å². The van der Waals surface area contributed by atoms with Gasteiger partial charge in [0, 0.05) is 46.4 Å².